The zero-order valence-electron chi connectivity index (χ0n) is 16.0. The molecule has 2 aromatic carbocycles. The van der Waals surface area contributed by atoms with E-state index in [2.05, 4.69) is 20.3 Å². The van der Waals surface area contributed by atoms with E-state index in [0.717, 1.165) is 17.7 Å². The Bertz CT molecular complexity index is 1030. The van der Waals surface area contributed by atoms with Crippen molar-refractivity contribution in [1.82, 2.24) is 15.0 Å². The Kier molecular flexibility index (Phi) is 6.03. The molecule has 0 bridgehead atoms. The highest BCUT2D eigenvalue weighted by Gasteiger charge is 2.14. The number of hydrogen-bond acceptors (Lipinski definition) is 9. The fourth-order valence-corrected chi connectivity index (χ4v) is 2.66. The van der Waals surface area contributed by atoms with E-state index in [0.29, 0.717) is 5.75 Å². The van der Waals surface area contributed by atoms with Gasteiger partial charge in [-0.15, -0.1) is 0 Å². The molecule has 0 aliphatic heterocycles. The predicted octanol–water partition coefficient (Wildman–Crippen LogP) is 3.26. The quantitative estimate of drug-likeness (QED) is 0.434. The maximum atomic E-state index is 11.0. The molecule has 3 rings (SSSR count). The van der Waals surface area contributed by atoms with E-state index in [-0.39, 0.29) is 35.8 Å². The van der Waals surface area contributed by atoms with Crippen molar-refractivity contribution in [3.8, 4) is 11.5 Å². The summed E-state index contributed by atoms with van der Waals surface area (Å²) in [6.07, 6.45) is 0.840. The van der Waals surface area contributed by atoms with E-state index in [4.69, 9.17) is 15.2 Å². The van der Waals surface area contributed by atoms with Crippen LogP contribution in [0.15, 0.2) is 42.5 Å². The molecule has 0 atom stereocenters. The number of nitrogen functional groups attached to an aromatic ring is 1. The summed E-state index contributed by atoms with van der Waals surface area (Å²) in [7, 11) is 1.45. The van der Waals surface area contributed by atoms with Gasteiger partial charge in [0.25, 0.3) is 5.69 Å². The summed E-state index contributed by atoms with van der Waals surface area (Å²) in [5.41, 5.74) is 7.66. The summed E-state index contributed by atoms with van der Waals surface area (Å²) in [4.78, 5) is 23.0. The van der Waals surface area contributed by atoms with Gasteiger partial charge in [-0.2, -0.15) is 15.0 Å². The lowest BCUT2D eigenvalue weighted by Crippen LogP contribution is -2.10. The lowest BCUT2D eigenvalue weighted by molar-refractivity contribution is -0.385. The van der Waals surface area contributed by atoms with Crippen molar-refractivity contribution >= 4 is 23.3 Å². The number of nitro groups is 1. The number of hydrogen-bond donors (Lipinski definition) is 2. The molecule has 29 heavy (non-hydrogen) atoms. The van der Waals surface area contributed by atoms with Crippen LogP contribution in [0.1, 0.15) is 18.3 Å². The minimum Gasteiger partial charge on any atom is -0.493 e. The summed E-state index contributed by atoms with van der Waals surface area (Å²) in [6.45, 7) is 1.97. The SMILES string of the molecule is CCc1ccccc1Nc1nc(N)nc(COc2cc([N+](=O)[O-])ccc2OC)n1. The lowest BCUT2D eigenvalue weighted by atomic mass is 10.1. The van der Waals surface area contributed by atoms with E-state index in [1.54, 1.807) is 0 Å². The van der Waals surface area contributed by atoms with Crippen LogP contribution < -0.4 is 20.5 Å². The van der Waals surface area contributed by atoms with Crippen LogP contribution in [0.2, 0.25) is 0 Å². The van der Waals surface area contributed by atoms with Gasteiger partial charge in [-0.3, -0.25) is 10.1 Å². The van der Waals surface area contributed by atoms with Crippen LogP contribution in [0.4, 0.5) is 23.3 Å². The number of nitrogens with one attached hydrogen (secondary N) is 1. The molecule has 0 saturated carbocycles. The van der Waals surface area contributed by atoms with Crippen LogP contribution in [0.3, 0.4) is 0 Å². The zero-order valence-corrected chi connectivity index (χ0v) is 16.0. The number of benzene rings is 2. The molecule has 0 unspecified atom stereocenters. The number of ether oxygens (including phenoxy) is 2. The standard InChI is InChI=1S/C19H20N6O4/c1-3-12-6-4-5-7-14(12)21-19-23-17(22-18(20)24-19)11-29-16-10-13(25(26)27)8-9-15(16)28-2/h4-10H,3,11H2,1-2H3,(H3,20,21,22,23,24). The van der Waals surface area contributed by atoms with Crippen molar-refractivity contribution in [2.75, 3.05) is 18.2 Å². The highest BCUT2D eigenvalue weighted by Crippen LogP contribution is 2.31. The number of aromatic nitrogens is 3. The maximum absolute atomic E-state index is 11.0. The summed E-state index contributed by atoms with van der Waals surface area (Å²) in [5.74, 6) is 1.13. The second-order valence-electron chi connectivity index (χ2n) is 5.95. The molecular formula is C19H20N6O4. The molecule has 10 heteroatoms. The van der Waals surface area contributed by atoms with Crippen molar-refractivity contribution in [3.05, 3.63) is 64.0 Å². The Morgan fingerprint density at radius 3 is 2.66 bits per heavy atom. The van der Waals surface area contributed by atoms with E-state index < -0.39 is 4.92 Å². The third kappa shape index (κ3) is 4.86. The monoisotopic (exact) mass is 396 g/mol. The minimum absolute atomic E-state index is 0.0288. The molecule has 0 amide bonds. The second kappa shape index (κ2) is 8.83. The van der Waals surface area contributed by atoms with Gasteiger partial charge in [0.15, 0.2) is 17.3 Å². The number of nitrogens with two attached hydrogens (primary N) is 1. The molecule has 150 valence electrons. The fraction of sp³-hybridized carbons (Fsp3) is 0.211. The Balaban J connectivity index is 1.80. The summed E-state index contributed by atoms with van der Waals surface area (Å²) >= 11 is 0. The summed E-state index contributed by atoms with van der Waals surface area (Å²) in [5, 5.41) is 14.1. The first-order valence-electron chi connectivity index (χ1n) is 8.80. The highest BCUT2D eigenvalue weighted by molar-refractivity contribution is 5.58. The van der Waals surface area contributed by atoms with Crippen molar-refractivity contribution < 1.29 is 14.4 Å². The van der Waals surface area contributed by atoms with Gasteiger partial charge in [-0.25, -0.2) is 0 Å². The molecule has 0 spiro atoms. The number of aryl methyl sites for hydroxylation is 1. The Morgan fingerprint density at radius 1 is 1.14 bits per heavy atom. The number of para-hydroxylation sites is 1. The second-order valence-corrected chi connectivity index (χ2v) is 5.95. The maximum Gasteiger partial charge on any atom is 0.273 e. The first-order chi connectivity index (χ1) is 14.0. The molecule has 1 heterocycles. The Labute approximate surface area is 166 Å². The van der Waals surface area contributed by atoms with E-state index in [9.17, 15) is 10.1 Å². The smallest absolute Gasteiger partial charge is 0.273 e. The summed E-state index contributed by atoms with van der Waals surface area (Å²) < 4.78 is 10.8. The van der Waals surface area contributed by atoms with Gasteiger partial charge in [0, 0.05) is 11.8 Å². The lowest BCUT2D eigenvalue weighted by Gasteiger charge is -2.12. The van der Waals surface area contributed by atoms with Gasteiger partial charge < -0.3 is 20.5 Å². The van der Waals surface area contributed by atoms with Gasteiger partial charge in [-0.1, -0.05) is 25.1 Å². The van der Waals surface area contributed by atoms with Gasteiger partial charge in [-0.05, 0) is 24.1 Å². The first-order valence-corrected chi connectivity index (χ1v) is 8.80. The molecule has 3 N–H and O–H groups in total. The van der Waals surface area contributed by atoms with Crippen molar-refractivity contribution in [1.29, 1.82) is 0 Å². The van der Waals surface area contributed by atoms with E-state index in [1.165, 1.54) is 25.3 Å². The number of non-ortho nitro benzene ring substituents is 1. The third-order valence-electron chi connectivity index (χ3n) is 4.06. The Hall–Kier alpha value is -3.95. The normalized spacial score (nSPS) is 10.4. The minimum atomic E-state index is -0.513. The topological polar surface area (TPSA) is 138 Å². The number of methoxy groups -OCH3 is 1. The van der Waals surface area contributed by atoms with Gasteiger partial charge in [0.1, 0.15) is 6.61 Å². The number of anilines is 3. The van der Waals surface area contributed by atoms with Crippen molar-refractivity contribution in [2.24, 2.45) is 0 Å². The average Bonchev–Trinajstić information content (AvgIpc) is 2.72. The largest absolute Gasteiger partial charge is 0.493 e. The number of nitro benzene ring substituents is 1. The van der Waals surface area contributed by atoms with Crippen LogP contribution in [-0.4, -0.2) is 27.0 Å². The predicted molar refractivity (Wildman–Crippen MR) is 107 cm³/mol. The van der Waals surface area contributed by atoms with Crippen LogP contribution in [0.5, 0.6) is 11.5 Å². The number of rotatable bonds is 8. The highest BCUT2D eigenvalue weighted by atomic mass is 16.6. The first kappa shape index (κ1) is 19.8. The van der Waals surface area contributed by atoms with Crippen LogP contribution >= 0.6 is 0 Å². The van der Waals surface area contributed by atoms with Crippen LogP contribution in [0.25, 0.3) is 0 Å². The third-order valence-corrected chi connectivity index (χ3v) is 4.06. The van der Waals surface area contributed by atoms with Gasteiger partial charge in [0.2, 0.25) is 11.9 Å². The zero-order chi connectivity index (χ0) is 20.8. The van der Waals surface area contributed by atoms with Crippen LogP contribution in [-0.2, 0) is 13.0 Å². The van der Waals surface area contributed by atoms with Gasteiger partial charge >= 0.3 is 0 Å². The van der Waals surface area contributed by atoms with E-state index in [1.807, 2.05) is 31.2 Å². The molecular weight excluding hydrogens is 376 g/mol. The number of nitrogens with zero attached hydrogens (tertiary/aromatic N) is 4. The van der Waals surface area contributed by atoms with Crippen molar-refractivity contribution in [2.45, 2.75) is 20.0 Å². The summed E-state index contributed by atoms with van der Waals surface area (Å²) in [6, 6.07) is 11.9. The Morgan fingerprint density at radius 2 is 1.93 bits per heavy atom. The van der Waals surface area contributed by atoms with E-state index >= 15 is 0 Å². The molecule has 0 aliphatic carbocycles. The average molecular weight is 396 g/mol. The van der Waals surface area contributed by atoms with Crippen molar-refractivity contribution in [3.63, 3.8) is 0 Å². The molecule has 0 saturated heterocycles. The molecule has 1 aromatic heterocycles. The molecule has 0 fully saturated rings. The fourth-order valence-electron chi connectivity index (χ4n) is 2.66. The van der Waals surface area contributed by atoms with Crippen LogP contribution in [0, 0.1) is 10.1 Å². The molecule has 3 aromatic rings. The molecule has 0 aliphatic rings. The molecule has 0 radical (unpaired) electrons. The van der Waals surface area contributed by atoms with Gasteiger partial charge in [0.05, 0.1) is 18.1 Å². The molecule has 10 nitrogen and oxygen atoms in total.